The average molecular weight is 411 g/mol. The number of nitrogens with zero attached hydrogens (tertiary/aromatic N) is 2. The van der Waals surface area contributed by atoms with Crippen LogP contribution in [0.2, 0.25) is 0 Å². The second-order valence-electron chi connectivity index (χ2n) is 9.94. The lowest BCUT2D eigenvalue weighted by atomic mass is 9.88. The zero-order valence-corrected chi connectivity index (χ0v) is 18.5. The number of carbonyl (C=O) groups excluding carboxylic acids is 1. The minimum absolute atomic E-state index is 0.0435. The molecule has 2 saturated carbocycles. The highest BCUT2D eigenvalue weighted by Crippen LogP contribution is 2.46. The molecular weight excluding hydrogens is 372 g/mol. The van der Waals surface area contributed by atoms with Crippen molar-refractivity contribution in [3.05, 3.63) is 23.8 Å². The van der Waals surface area contributed by atoms with Gasteiger partial charge in [0.1, 0.15) is 0 Å². The predicted molar refractivity (Wildman–Crippen MR) is 123 cm³/mol. The van der Waals surface area contributed by atoms with Crippen molar-refractivity contribution in [3.63, 3.8) is 0 Å². The number of amides is 2. The molecule has 1 aromatic rings. The number of carbonyl (C=O) groups is 1. The van der Waals surface area contributed by atoms with E-state index in [2.05, 4.69) is 45.6 Å². The zero-order valence-electron chi connectivity index (χ0n) is 18.5. The molecule has 3 fully saturated rings. The van der Waals surface area contributed by atoms with Crippen molar-refractivity contribution in [1.29, 1.82) is 0 Å². The third-order valence-electron chi connectivity index (χ3n) is 8.00. The fraction of sp³-hybridized carbons (Fsp3) is 0.720. The van der Waals surface area contributed by atoms with Crippen molar-refractivity contribution in [1.82, 2.24) is 10.2 Å². The maximum atomic E-state index is 12.5. The van der Waals surface area contributed by atoms with Crippen LogP contribution >= 0.6 is 0 Å². The van der Waals surface area contributed by atoms with E-state index in [0.29, 0.717) is 18.0 Å². The highest BCUT2D eigenvalue weighted by molar-refractivity contribution is 5.90. The zero-order chi connectivity index (χ0) is 20.5. The summed E-state index contributed by atoms with van der Waals surface area (Å²) < 4.78 is 0. The van der Waals surface area contributed by atoms with E-state index in [-0.39, 0.29) is 6.03 Å². The highest BCUT2D eigenvalue weighted by atomic mass is 16.2. The molecule has 2 N–H and O–H groups in total. The van der Waals surface area contributed by atoms with Gasteiger partial charge in [-0.2, -0.15) is 0 Å². The number of piperidine rings is 1. The van der Waals surface area contributed by atoms with Crippen molar-refractivity contribution in [2.45, 2.75) is 95.2 Å². The van der Waals surface area contributed by atoms with Crippen LogP contribution in [0.4, 0.5) is 16.2 Å². The highest BCUT2D eigenvalue weighted by Gasteiger charge is 2.43. The van der Waals surface area contributed by atoms with E-state index in [1.807, 2.05) is 0 Å². The lowest BCUT2D eigenvalue weighted by Crippen LogP contribution is -2.49. The third kappa shape index (κ3) is 3.93. The van der Waals surface area contributed by atoms with E-state index in [4.69, 9.17) is 0 Å². The van der Waals surface area contributed by atoms with Crippen molar-refractivity contribution in [2.24, 2.45) is 0 Å². The van der Waals surface area contributed by atoms with Gasteiger partial charge in [-0.25, -0.2) is 4.79 Å². The summed E-state index contributed by atoms with van der Waals surface area (Å²) in [6, 6.07) is 8.36. The number of hydrogen-bond acceptors (Lipinski definition) is 3. The molecule has 2 unspecified atom stereocenters. The number of likely N-dealkylation sites (tertiary alicyclic amines) is 1. The van der Waals surface area contributed by atoms with Crippen LogP contribution in [0, 0.1) is 0 Å². The van der Waals surface area contributed by atoms with Crippen molar-refractivity contribution in [3.8, 4) is 0 Å². The van der Waals surface area contributed by atoms with Gasteiger partial charge in [-0.1, -0.05) is 32.6 Å². The van der Waals surface area contributed by atoms with Crippen LogP contribution in [0.15, 0.2) is 18.2 Å². The molecule has 5 heteroatoms. The Hall–Kier alpha value is -1.75. The van der Waals surface area contributed by atoms with Gasteiger partial charge >= 0.3 is 6.03 Å². The lowest BCUT2D eigenvalue weighted by Gasteiger charge is -2.41. The second kappa shape index (κ2) is 8.78. The predicted octanol–water partition coefficient (Wildman–Crippen LogP) is 5.08. The van der Waals surface area contributed by atoms with E-state index in [1.165, 1.54) is 75.7 Å². The minimum Gasteiger partial charge on any atom is -0.368 e. The summed E-state index contributed by atoms with van der Waals surface area (Å²) in [5, 5.41) is 6.28. The molecule has 2 aliphatic heterocycles. The minimum atomic E-state index is -0.0435. The molecule has 30 heavy (non-hydrogen) atoms. The Balaban J connectivity index is 1.33. The first-order chi connectivity index (χ1) is 14.7. The molecule has 0 spiro atoms. The van der Waals surface area contributed by atoms with Gasteiger partial charge in [0.25, 0.3) is 0 Å². The molecule has 164 valence electrons. The maximum Gasteiger partial charge on any atom is 0.319 e. The van der Waals surface area contributed by atoms with Gasteiger partial charge in [-0.15, -0.1) is 0 Å². The smallest absolute Gasteiger partial charge is 0.319 e. The molecule has 1 saturated heterocycles. The monoisotopic (exact) mass is 410 g/mol. The maximum absolute atomic E-state index is 12.5. The lowest BCUT2D eigenvalue weighted by molar-refractivity contribution is 0.140. The molecule has 0 bridgehead atoms. The third-order valence-corrected chi connectivity index (χ3v) is 8.00. The summed E-state index contributed by atoms with van der Waals surface area (Å²) in [7, 11) is 0. The van der Waals surface area contributed by atoms with Crippen LogP contribution in [-0.2, 0) is 0 Å². The van der Waals surface area contributed by atoms with E-state index in [9.17, 15) is 4.79 Å². The van der Waals surface area contributed by atoms with Gasteiger partial charge in [-0.05, 0) is 62.3 Å². The van der Waals surface area contributed by atoms with Gasteiger partial charge in [0.15, 0.2) is 0 Å². The summed E-state index contributed by atoms with van der Waals surface area (Å²) in [5.41, 5.74) is 3.80. The summed E-state index contributed by atoms with van der Waals surface area (Å²) >= 11 is 0. The van der Waals surface area contributed by atoms with Gasteiger partial charge in [0.2, 0.25) is 0 Å². The summed E-state index contributed by atoms with van der Waals surface area (Å²) in [6.07, 6.45) is 12.7. The Morgan fingerprint density at radius 1 is 1.07 bits per heavy atom. The van der Waals surface area contributed by atoms with Crippen LogP contribution in [0.5, 0.6) is 0 Å². The van der Waals surface area contributed by atoms with Gasteiger partial charge in [0.05, 0.1) is 0 Å². The van der Waals surface area contributed by atoms with Crippen molar-refractivity contribution >= 4 is 17.4 Å². The first-order valence-corrected chi connectivity index (χ1v) is 12.4. The molecule has 2 heterocycles. The van der Waals surface area contributed by atoms with Gasteiger partial charge in [0, 0.05) is 55.1 Å². The van der Waals surface area contributed by atoms with Crippen LogP contribution in [0.3, 0.4) is 0 Å². The molecule has 2 aliphatic carbocycles. The first-order valence-electron chi connectivity index (χ1n) is 12.4. The molecule has 5 rings (SSSR count). The standard InChI is InChI=1S/C25H38N4O/c1-2-14-29-23-12-11-19(27-25(30)26-18-7-3-4-8-18)16-21(23)22-17-28(15-13-24(22)29)20-9-5-6-10-20/h11-12,16,18,20,22,24H,2-10,13-15,17H2,1H3,(H2,26,27,30). The topological polar surface area (TPSA) is 47.6 Å². The summed E-state index contributed by atoms with van der Waals surface area (Å²) in [6.45, 7) is 5.84. The Labute approximate surface area is 181 Å². The van der Waals surface area contributed by atoms with Gasteiger partial charge in [-0.3, -0.25) is 4.90 Å². The number of anilines is 2. The summed E-state index contributed by atoms with van der Waals surface area (Å²) in [5.74, 6) is 0.570. The number of nitrogens with one attached hydrogen (secondary N) is 2. The number of fused-ring (bicyclic) bond motifs is 3. The molecule has 2 atom stereocenters. The Bertz CT molecular complexity index is 754. The number of benzene rings is 1. The number of rotatable bonds is 5. The largest absolute Gasteiger partial charge is 0.368 e. The van der Waals surface area contributed by atoms with Crippen LogP contribution in [0.25, 0.3) is 0 Å². The number of urea groups is 1. The molecule has 2 amide bonds. The van der Waals surface area contributed by atoms with E-state index < -0.39 is 0 Å². The molecular formula is C25H38N4O. The van der Waals surface area contributed by atoms with Crippen LogP contribution in [-0.4, -0.2) is 48.7 Å². The molecule has 5 nitrogen and oxygen atoms in total. The van der Waals surface area contributed by atoms with Crippen LogP contribution < -0.4 is 15.5 Å². The SMILES string of the molecule is CCCN1c2ccc(NC(=O)NC3CCCC3)cc2C2CN(C3CCCC3)CCC21. The Morgan fingerprint density at radius 3 is 2.60 bits per heavy atom. The van der Waals surface area contributed by atoms with E-state index in [0.717, 1.165) is 31.1 Å². The molecule has 0 radical (unpaired) electrons. The van der Waals surface area contributed by atoms with Gasteiger partial charge < -0.3 is 15.5 Å². The normalized spacial score (nSPS) is 27.3. The first kappa shape index (κ1) is 20.2. The summed E-state index contributed by atoms with van der Waals surface area (Å²) in [4.78, 5) is 17.9. The number of hydrogen-bond donors (Lipinski definition) is 2. The average Bonchev–Trinajstić information content (AvgIpc) is 3.50. The second-order valence-corrected chi connectivity index (χ2v) is 9.94. The Morgan fingerprint density at radius 2 is 1.83 bits per heavy atom. The molecule has 0 aromatic heterocycles. The quantitative estimate of drug-likeness (QED) is 0.711. The fourth-order valence-corrected chi connectivity index (χ4v) is 6.56. The van der Waals surface area contributed by atoms with E-state index in [1.54, 1.807) is 0 Å². The molecule has 1 aromatic carbocycles. The van der Waals surface area contributed by atoms with Crippen molar-refractivity contribution < 1.29 is 4.79 Å². The van der Waals surface area contributed by atoms with Crippen LogP contribution in [0.1, 0.15) is 82.6 Å². The van der Waals surface area contributed by atoms with E-state index >= 15 is 0 Å². The van der Waals surface area contributed by atoms with Crippen molar-refractivity contribution in [2.75, 3.05) is 29.9 Å². The molecule has 4 aliphatic rings. The fourth-order valence-electron chi connectivity index (χ4n) is 6.56. The Kier molecular flexibility index (Phi) is 5.90.